The second-order valence-electron chi connectivity index (χ2n) is 11.0. The van der Waals surface area contributed by atoms with Crippen molar-refractivity contribution < 1.29 is 4.74 Å². The molecule has 0 aliphatic carbocycles. The maximum atomic E-state index is 6.56. The molecule has 0 spiro atoms. The Morgan fingerprint density at radius 1 is 0.568 bits per heavy atom. The van der Waals surface area contributed by atoms with E-state index in [-0.39, 0.29) is 0 Å². The minimum atomic E-state index is 0.727. The maximum absolute atomic E-state index is 6.56. The lowest BCUT2D eigenvalue weighted by atomic mass is 9.96. The summed E-state index contributed by atoms with van der Waals surface area (Å²) in [5.74, 6) is 2.33. The molecule has 0 bridgehead atoms. The molecule has 0 saturated carbocycles. The Labute approximate surface area is 252 Å². The van der Waals surface area contributed by atoms with Gasteiger partial charge in [-0.2, -0.15) is 5.10 Å². The zero-order valence-electron chi connectivity index (χ0n) is 23.8. The van der Waals surface area contributed by atoms with Gasteiger partial charge in [0.1, 0.15) is 23.6 Å². The van der Waals surface area contributed by atoms with E-state index in [1.807, 2.05) is 47.1 Å². The molecule has 4 heterocycles. The average Bonchev–Trinajstić information content (AvgIpc) is 3.69. The Hall–Kier alpha value is -6.01. The number of nitrogens with zero attached hydrogens (tertiary/aromatic N) is 5. The van der Waals surface area contributed by atoms with Gasteiger partial charge in [-0.15, -0.1) is 0 Å². The summed E-state index contributed by atoms with van der Waals surface area (Å²) in [6.45, 7) is 2.16. The van der Waals surface area contributed by atoms with Crippen LogP contribution in [0.5, 0.6) is 11.5 Å². The number of hydrogen-bond donors (Lipinski definition) is 0. The third-order valence-electron chi connectivity index (χ3n) is 8.52. The summed E-state index contributed by atoms with van der Waals surface area (Å²) in [6, 6.07) is 41.9. The number of aromatic nitrogens is 5. The number of ether oxygens (including phenoxy) is 1. The zero-order valence-corrected chi connectivity index (χ0v) is 23.8. The summed E-state index contributed by atoms with van der Waals surface area (Å²) in [5.41, 5.74) is 7.57. The van der Waals surface area contributed by atoms with Gasteiger partial charge in [0, 0.05) is 39.9 Å². The van der Waals surface area contributed by atoms with E-state index >= 15 is 0 Å². The molecule has 6 nitrogen and oxygen atoms in total. The van der Waals surface area contributed by atoms with Crippen LogP contribution in [0.3, 0.4) is 0 Å². The zero-order chi connectivity index (χ0) is 29.2. The molecule has 6 heteroatoms. The lowest BCUT2D eigenvalue weighted by Crippen LogP contribution is -1.97. The highest BCUT2D eigenvalue weighted by Crippen LogP contribution is 2.41. The SMILES string of the molecule is Cc1ccccc1-c1cccc2c1c1ccc(Oc3ccc4c5ccccc5c5ncnn5c4c3)cc1n2-c1ccccn1. The van der Waals surface area contributed by atoms with Gasteiger partial charge in [0.05, 0.1) is 16.6 Å². The van der Waals surface area contributed by atoms with E-state index < -0.39 is 0 Å². The van der Waals surface area contributed by atoms with E-state index in [4.69, 9.17) is 9.72 Å². The first-order chi connectivity index (χ1) is 21.7. The fraction of sp³-hybridized carbons (Fsp3) is 0.0263. The van der Waals surface area contributed by atoms with Gasteiger partial charge in [0.25, 0.3) is 0 Å². The van der Waals surface area contributed by atoms with Gasteiger partial charge in [-0.25, -0.2) is 14.5 Å². The molecule has 0 saturated heterocycles. The van der Waals surface area contributed by atoms with E-state index in [1.165, 1.54) is 22.1 Å². The third-order valence-corrected chi connectivity index (χ3v) is 8.52. The van der Waals surface area contributed by atoms with E-state index in [2.05, 4.69) is 107 Å². The predicted molar refractivity (Wildman–Crippen MR) is 177 cm³/mol. The van der Waals surface area contributed by atoms with Crippen LogP contribution >= 0.6 is 0 Å². The van der Waals surface area contributed by atoms with E-state index in [0.717, 1.165) is 61.1 Å². The van der Waals surface area contributed by atoms with Crippen LogP contribution < -0.4 is 4.74 Å². The van der Waals surface area contributed by atoms with Crippen LogP contribution in [0.2, 0.25) is 0 Å². The molecular weight excluding hydrogens is 542 g/mol. The van der Waals surface area contributed by atoms with Gasteiger partial charge in [-0.1, -0.05) is 66.7 Å². The lowest BCUT2D eigenvalue weighted by molar-refractivity contribution is 0.484. The maximum Gasteiger partial charge on any atom is 0.163 e. The summed E-state index contributed by atoms with van der Waals surface area (Å²) in [5, 5.41) is 10.2. The van der Waals surface area contributed by atoms with Crippen molar-refractivity contribution in [2.75, 3.05) is 0 Å². The molecule has 9 rings (SSSR count). The van der Waals surface area contributed by atoms with Crippen LogP contribution in [0.15, 0.2) is 134 Å². The van der Waals surface area contributed by atoms with E-state index in [9.17, 15) is 0 Å². The highest BCUT2D eigenvalue weighted by atomic mass is 16.5. The summed E-state index contributed by atoms with van der Waals surface area (Å²) in [7, 11) is 0. The number of hydrogen-bond acceptors (Lipinski definition) is 4. The molecule has 4 aromatic heterocycles. The van der Waals surface area contributed by atoms with Crippen LogP contribution in [0.1, 0.15) is 5.56 Å². The van der Waals surface area contributed by atoms with Crippen LogP contribution in [0, 0.1) is 6.92 Å². The van der Waals surface area contributed by atoms with Gasteiger partial charge < -0.3 is 4.74 Å². The fourth-order valence-corrected chi connectivity index (χ4v) is 6.57. The molecule has 0 fully saturated rings. The van der Waals surface area contributed by atoms with E-state index in [0.29, 0.717) is 0 Å². The largest absolute Gasteiger partial charge is 0.457 e. The second-order valence-corrected chi connectivity index (χ2v) is 11.0. The minimum Gasteiger partial charge on any atom is -0.457 e. The van der Waals surface area contributed by atoms with Crippen molar-refractivity contribution in [1.82, 2.24) is 24.1 Å². The normalized spacial score (nSPS) is 11.8. The van der Waals surface area contributed by atoms with Crippen molar-refractivity contribution >= 4 is 49.1 Å². The molecule has 0 amide bonds. The Kier molecular flexibility index (Phi) is 5.31. The third kappa shape index (κ3) is 3.64. The summed E-state index contributed by atoms with van der Waals surface area (Å²) in [6.07, 6.45) is 3.44. The van der Waals surface area contributed by atoms with Crippen molar-refractivity contribution in [3.05, 3.63) is 139 Å². The van der Waals surface area contributed by atoms with Crippen LogP contribution in [0.25, 0.3) is 66.1 Å². The van der Waals surface area contributed by atoms with E-state index in [1.54, 1.807) is 6.33 Å². The Morgan fingerprint density at radius 3 is 2.16 bits per heavy atom. The number of pyridine rings is 2. The number of aryl methyl sites for hydroxylation is 1. The molecule has 0 atom stereocenters. The Morgan fingerprint density at radius 2 is 1.32 bits per heavy atom. The fourth-order valence-electron chi connectivity index (χ4n) is 6.57. The molecule has 0 aliphatic heterocycles. The molecule has 208 valence electrons. The van der Waals surface area contributed by atoms with Crippen molar-refractivity contribution in [3.63, 3.8) is 0 Å². The molecular formula is C38H25N5O. The first-order valence-corrected chi connectivity index (χ1v) is 14.6. The molecule has 9 aromatic rings. The predicted octanol–water partition coefficient (Wildman–Crippen LogP) is 9.30. The lowest BCUT2D eigenvalue weighted by Gasteiger charge is -2.11. The Bertz CT molecular complexity index is 2550. The monoisotopic (exact) mass is 567 g/mol. The Balaban J connectivity index is 1.24. The molecule has 0 N–H and O–H groups in total. The quantitative estimate of drug-likeness (QED) is 0.199. The molecule has 5 aromatic carbocycles. The highest BCUT2D eigenvalue weighted by Gasteiger charge is 2.18. The van der Waals surface area contributed by atoms with Crippen molar-refractivity contribution in [2.24, 2.45) is 0 Å². The standard InChI is InChI=1S/C38H25N5O/c1-24-9-2-3-10-27(24)30-13-8-14-33-37(30)32-19-17-25(21-34(32)42(33)36-15-6-7-20-39-36)44-26-16-18-29-28-11-4-5-12-31(28)38-40-23-41-43(38)35(29)22-26/h2-23H,1H3. The van der Waals surface area contributed by atoms with Crippen LogP contribution in [-0.4, -0.2) is 24.1 Å². The summed E-state index contributed by atoms with van der Waals surface area (Å²) < 4.78 is 10.7. The first-order valence-electron chi connectivity index (χ1n) is 14.6. The first kappa shape index (κ1) is 24.6. The molecule has 0 aliphatic rings. The smallest absolute Gasteiger partial charge is 0.163 e. The topological polar surface area (TPSA) is 57.2 Å². The van der Waals surface area contributed by atoms with Crippen LogP contribution in [-0.2, 0) is 0 Å². The molecule has 0 radical (unpaired) electrons. The van der Waals surface area contributed by atoms with Crippen molar-refractivity contribution in [2.45, 2.75) is 6.92 Å². The number of rotatable bonds is 4. The molecule has 44 heavy (non-hydrogen) atoms. The summed E-state index contributed by atoms with van der Waals surface area (Å²) in [4.78, 5) is 9.29. The highest BCUT2D eigenvalue weighted by molar-refractivity contribution is 6.16. The number of fused-ring (bicyclic) bond motifs is 9. The van der Waals surface area contributed by atoms with Gasteiger partial charge in [0.15, 0.2) is 5.65 Å². The average molecular weight is 568 g/mol. The van der Waals surface area contributed by atoms with Gasteiger partial charge >= 0.3 is 0 Å². The second kappa shape index (κ2) is 9.51. The number of benzene rings is 5. The summed E-state index contributed by atoms with van der Waals surface area (Å²) >= 11 is 0. The van der Waals surface area contributed by atoms with Gasteiger partial charge in [0.2, 0.25) is 0 Å². The van der Waals surface area contributed by atoms with Crippen molar-refractivity contribution in [1.29, 1.82) is 0 Å². The van der Waals surface area contributed by atoms with Crippen LogP contribution in [0.4, 0.5) is 0 Å². The minimum absolute atomic E-state index is 0.727. The van der Waals surface area contributed by atoms with Gasteiger partial charge in [-0.3, -0.25) is 4.57 Å². The van der Waals surface area contributed by atoms with Crippen molar-refractivity contribution in [3.8, 4) is 28.4 Å². The molecule has 0 unspecified atom stereocenters. The van der Waals surface area contributed by atoms with Gasteiger partial charge in [-0.05, 0) is 71.5 Å².